The number of halogens is 2. The third-order valence-electron chi connectivity index (χ3n) is 2.94. The van der Waals surface area contributed by atoms with E-state index in [9.17, 15) is 4.39 Å². The molecule has 0 aliphatic heterocycles. The van der Waals surface area contributed by atoms with Gasteiger partial charge in [-0.1, -0.05) is 38.1 Å². The first-order valence-corrected chi connectivity index (χ1v) is 6.31. The smallest absolute Gasteiger partial charge is 0.191 e. The average Bonchev–Trinajstić information content (AvgIpc) is 2.39. The van der Waals surface area contributed by atoms with E-state index in [1.54, 1.807) is 19.2 Å². The van der Waals surface area contributed by atoms with E-state index in [2.05, 4.69) is 22.2 Å². The standard InChI is InChI=1S/C15H22FN3.HI/c1-5-10-18-14(17-4)19-11-15(2,3)12-8-6-7-9-13(12)16;/h5-9H,1,10-11H2,2-4H3,(H2,17,18,19);1H. The number of rotatable bonds is 5. The summed E-state index contributed by atoms with van der Waals surface area (Å²) < 4.78 is 13.8. The predicted octanol–water partition coefficient (Wildman–Crippen LogP) is 3.07. The van der Waals surface area contributed by atoms with Gasteiger partial charge in [-0.05, 0) is 11.6 Å². The van der Waals surface area contributed by atoms with Gasteiger partial charge in [-0.2, -0.15) is 0 Å². The molecule has 0 aromatic heterocycles. The molecule has 5 heteroatoms. The van der Waals surface area contributed by atoms with Crippen LogP contribution in [-0.2, 0) is 5.41 Å². The molecule has 0 saturated heterocycles. The van der Waals surface area contributed by atoms with Crippen LogP contribution >= 0.6 is 24.0 Å². The summed E-state index contributed by atoms with van der Waals surface area (Å²) >= 11 is 0. The Morgan fingerprint density at radius 2 is 2.00 bits per heavy atom. The van der Waals surface area contributed by atoms with E-state index in [1.165, 1.54) is 6.07 Å². The third-order valence-corrected chi connectivity index (χ3v) is 2.94. The van der Waals surface area contributed by atoms with E-state index < -0.39 is 0 Å². The first-order valence-electron chi connectivity index (χ1n) is 6.31. The highest BCUT2D eigenvalue weighted by molar-refractivity contribution is 14.0. The summed E-state index contributed by atoms with van der Waals surface area (Å²) in [6.45, 7) is 8.87. The Labute approximate surface area is 137 Å². The van der Waals surface area contributed by atoms with Crippen molar-refractivity contribution < 1.29 is 4.39 Å². The average molecular weight is 391 g/mol. The largest absolute Gasteiger partial charge is 0.356 e. The maximum absolute atomic E-state index is 13.8. The fraction of sp³-hybridized carbons (Fsp3) is 0.400. The molecule has 3 nitrogen and oxygen atoms in total. The van der Waals surface area contributed by atoms with Crippen LogP contribution in [0, 0.1) is 5.82 Å². The number of aliphatic imine (C=N–C) groups is 1. The van der Waals surface area contributed by atoms with E-state index in [0.29, 0.717) is 24.6 Å². The molecule has 0 fully saturated rings. The van der Waals surface area contributed by atoms with Crippen LogP contribution < -0.4 is 10.6 Å². The normalized spacial score (nSPS) is 11.5. The van der Waals surface area contributed by atoms with E-state index in [4.69, 9.17) is 0 Å². The van der Waals surface area contributed by atoms with E-state index in [1.807, 2.05) is 26.0 Å². The summed E-state index contributed by atoms with van der Waals surface area (Å²) in [5, 5.41) is 6.28. The van der Waals surface area contributed by atoms with Crippen LogP contribution in [0.15, 0.2) is 41.9 Å². The van der Waals surface area contributed by atoms with Crippen LogP contribution in [0.2, 0.25) is 0 Å². The van der Waals surface area contributed by atoms with Gasteiger partial charge in [0.2, 0.25) is 0 Å². The Kier molecular flexibility index (Phi) is 8.45. The lowest BCUT2D eigenvalue weighted by molar-refractivity contribution is 0.473. The van der Waals surface area contributed by atoms with E-state index >= 15 is 0 Å². The van der Waals surface area contributed by atoms with Crippen LogP contribution in [0.5, 0.6) is 0 Å². The number of benzene rings is 1. The Bertz CT molecular complexity index is 458. The molecule has 1 rings (SSSR count). The molecular formula is C15H23FIN3. The molecule has 0 saturated carbocycles. The molecule has 1 aromatic carbocycles. The highest BCUT2D eigenvalue weighted by atomic mass is 127. The second-order valence-corrected chi connectivity index (χ2v) is 4.96. The molecule has 112 valence electrons. The predicted molar refractivity (Wildman–Crippen MR) is 94.4 cm³/mol. The van der Waals surface area contributed by atoms with Crippen molar-refractivity contribution in [2.24, 2.45) is 4.99 Å². The Morgan fingerprint density at radius 1 is 1.35 bits per heavy atom. The first-order chi connectivity index (χ1) is 9.01. The minimum Gasteiger partial charge on any atom is -0.356 e. The maximum atomic E-state index is 13.8. The van der Waals surface area contributed by atoms with Gasteiger partial charge in [0.25, 0.3) is 0 Å². The Hall–Kier alpha value is -1.11. The molecule has 0 heterocycles. The molecule has 0 aliphatic carbocycles. The summed E-state index contributed by atoms with van der Waals surface area (Å²) in [4.78, 5) is 4.10. The molecule has 1 aromatic rings. The monoisotopic (exact) mass is 391 g/mol. The van der Waals surface area contributed by atoms with Crippen molar-refractivity contribution in [1.29, 1.82) is 0 Å². The molecule has 0 spiro atoms. The molecule has 0 radical (unpaired) electrons. The fourth-order valence-electron chi connectivity index (χ4n) is 1.80. The van der Waals surface area contributed by atoms with Gasteiger partial charge in [-0.15, -0.1) is 30.6 Å². The minimum atomic E-state index is -0.322. The summed E-state index contributed by atoms with van der Waals surface area (Å²) in [5.41, 5.74) is 0.374. The van der Waals surface area contributed by atoms with Gasteiger partial charge in [0.15, 0.2) is 5.96 Å². The number of hydrogen-bond donors (Lipinski definition) is 2. The zero-order chi connectivity index (χ0) is 14.3. The quantitative estimate of drug-likeness (QED) is 0.350. The summed E-state index contributed by atoms with van der Waals surface area (Å²) in [6, 6.07) is 6.86. The van der Waals surface area contributed by atoms with Gasteiger partial charge in [0.05, 0.1) is 0 Å². The van der Waals surface area contributed by atoms with Crippen molar-refractivity contribution >= 4 is 29.9 Å². The zero-order valence-electron chi connectivity index (χ0n) is 12.2. The number of nitrogens with zero attached hydrogens (tertiary/aromatic N) is 1. The first kappa shape index (κ1) is 18.9. The number of hydrogen-bond acceptors (Lipinski definition) is 1. The van der Waals surface area contributed by atoms with Crippen LogP contribution in [0.3, 0.4) is 0 Å². The molecule has 0 aliphatic rings. The minimum absolute atomic E-state index is 0. The second-order valence-electron chi connectivity index (χ2n) is 4.96. The zero-order valence-corrected chi connectivity index (χ0v) is 14.6. The number of guanidine groups is 1. The van der Waals surface area contributed by atoms with Crippen LogP contribution in [0.1, 0.15) is 19.4 Å². The van der Waals surface area contributed by atoms with Gasteiger partial charge < -0.3 is 10.6 Å². The molecular weight excluding hydrogens is 368 g/mol. The van der Waals surface area contributed by atoms with E-state index in [0.717, 1.165) is 0 Å². The van der Waals surface area contributed by atoms with Gasteiger partial charge in [-0.3, -0.25) is 4.99 Å². The third kappa shape index (κ3) is 5.48. The Balaban J connectivity index is 0.00000361. The van der Waals surface area contributed by atoms with Crippen molar-refractivity contribution in [3.05, 3.63) is 48.3 Å². The Morgan fingerprint density at radius 3 is 2.55 bits per heavy atom. The maximum Gasteiger partial charge on any atom is 0.191 e. The van der Waals surface area contributed by atoms with Crippen LogP contribution in [-0.4, -0.2) is 26.1 Å². The molecule has 20 heavy (non-hydrogen) atoms. The fourth-order valence-corrected chi connectivity index (χ4v) is 1.80. The lowest BCUT2D eigenvalue weighted by Crippen LogP contribution is -2.43. The SMILES string of the molecule is C=CCNC(=NC)NCC(C)(C)c1ccccc1F.I. The summed E-state index contributed by atoms with van der Waals surface area (Å²) in [5.74, 6) is 0.507. The molecule has 0 bridgehead atoms. The van der Waals surface area contributed by atoms with Crippen molar-refractivity contribution in [3.63, 3.8) is 0 Å². The van der Waals surface area contributed by atoms with Crippen molar-refractivity contribution in [2.75, 3.05) is 20.1 Å². The van der Waals surface area contributed by atoms with Crippen LogP contribution in [0.25, 0.3) is 0 Å². The van der Waals surface area contributed by atoms with E-state index in [-0.39, 0.29) is 35.2 Å². The topological polar surface area (TPSA) is 36.4 Å². The van der Waals surface area contributed by atoms with Gasteiger partial charge >= 0.3 is 0 Å². The molecule has 0 atom stereocenters. The van der Waals surface area contributed by atoms with Gasteiger partial charge in [0, 0.05) is 25.6 Å². The van der Waals surface area contributed by atoms with Crippen molar-refractivity contribution in [2.45, 2.75) is 19.3 Å². The summed E-state index contributed by atoms with van der Waals surface area (Å²) in [6.07, 6.45) is 1.76. The molecule has 0 unspecified atom stereocenters. The highest BCUT2D eigenvalue weighted by Gasteiger charge is 2.23. The molecule has 0 amide bonds. The lowest BCUT2D eigenvalue weighted by Gasteiger charge is -2.27. The van der Waals surface area contributed by atoms with Crippen molar-refractivity contribution in [3.8, 4) is 0 Å². The number of nitrogens with one attached hydrogen (secondary N) is 2. The highest BCUT2D eigenvalue weighted by Crippen LogP contribution is 2.24. The summed E-state index contributed by atoms with van der Waals surface area (Å²) in [7, 11) is 1.70. The van der Waals surface area contributed by atoms with Crippen molar-refractivity contribution in [1.82, 2.24) is 10.6 Å². The lowest BCUT2D eigenvalue weighted by atomic mass is 9.84. The van der Waals surface area contributed by atoms with Gasteiger partial charge in [0.1, 0.15) is 5.82 Å². The van der Waals surface area contributed by atoms with Gasteiger partial charge in [-0.25, -0.2) is 4.39 Å². The molecule has 2 N–H and O–H groups in total. The second kappa shape index (κ2) is 8.94. The van der Waals surface area contributed by atoms with Crippen LogP contribution in [0.4, 0.5) is 4.39 Å².